The van der Waals surface area contributed by atoms with Crippen LogP contribution >= 0.6 is 0 Å². The van der Waals surface area contributed by atoms with Gasteiger partial charge in [-0.1, -0.05) is 0 Å². The molecule has 5 heteroatoms. The van der Waals surface area contributed by atoms with Crippen molar-refractivity contribution < 1.29 is 9.90 Å². The van der Waals surface area contributed by atoms with Crippen LogP contribution in [0.4, 0.5) is 0 Å². The zero-order valence-corrected chi connectivity index (χ0v) is 9.89. The fourth-order valence-corrected chi connectivity index (χ4v) is 2.67. The van der Waals surface area contributed by atoms with Crippen molar-refractivity contribution in [2.75, 3.05) is 13.1 Å². The molecule has 3 heterocycles. The quantitative estimate of drug-likeness (QED) is 0.746. The molecule has 0 aromatic carbocycles. The Hall–Kier alpha value is -1.88. The van der Waals surface area contributed by atoms with Crippen molar-refractivity contribution in [2.24, 2.45) is 5.92 Å². The van der Waals surface area contributed by atoms with Gasteiger partial charge >= 0.3 is 5.97 Å². The molecule has 94 valence electrons. The van der Waals surface area contributed by atoms with E-state index in [2.05, 4.69) is 15.3 Å². The molecule has 2 unspecified atom stereocenters. The molecule has 5 nitrogen and oxygen atoms in total. The lowest BCUT2D eigenvalue weighted by atomic mass is 9.84. The Morgan fingerprint density at radius 3 is 3.17 bits per heavy atom. The summed E-state index contributed by atoms with van der Waals surface area (Å²) in [6, 6.07) is 5.81. The highest BCUT2D eigenvalue weighted by molar-refractivity contribution is 5.77. The number of pyridine rings is 1. The Bertz CT molecular complexity index is 545. The number of nitrogens with zero attached hydrogens (tertiary/aromatic N) is 1. The highest BCUT2D eigenvalue weighted by atomic mass is 16.4. The average molecular weight is 245 g/mol. The molecule has 3 N–H and O–H groups in total. The number of aliphatic carboxylic acids is 1. The van der Waals surface area contributed by atoms with E-state index in [0.717, 1.165) is 29.7 Å². The van der Waals surface area contributed by atoms with Crippen molar-refractivity contribution in [3.63, 3.8) is 0 Å². The van der Waals surface area contributed by atoms with Gasteiger partial charge in [-0.15, -0.1) is 0 Å². The Balaban J connectivity index is 1.98. The number of aromatic amines is 1. The molecule has 0 saturated carbocycles. The minimum Gasteiger partial charge on any atom is -0.481 e. The van der Waals surface area contributed by atoms with Crippen LogP contribution in [-0.4, -0.2) is 34.1 Å². The number of fused-ring (bicyclic) bond motifs is 1. The highest BCUT2D eigenvalue weighted by Gasteiger charge is 2.32. The Labute approximate surface area is 104 Å². The van der Waals surface area contributed by atoms with Gasteiger partial charge in [0.1, 0.15) is 0 Å². The normalized spacial score (nSPS) is 24.2. The van der Waals surface area contributed by atoms with Crippen molar-refractivity contribution in [1.29, 1.82) is 0 Å². The predicted molar refractivity (Wildman–Crippen MR) is 67.4 cm³/mol. The summed E-state index contributed by atoms with van der Waals surface area (Å²) in [5, 5.41) is 12.4. The van der Waals surface area contributed by atoms with Crippen molar-refractivity contribution >= 4 is 17.0 Å². The van der Waals surface area contributed by atoms with Gasteiger partial charge in [0.25, 0.3) is 0 Å². The first-order chi connectivity index (χ1) is 8.75. The molecule has 1 aliphatic rings. The van der Waals surface area contributed by atoms with E-state index in [1.165, 1.54) is 0 Å². The second-order valence-corrected chi connectivity index (χ2v) is 4.70. The van der Waals surface area contributed by atoms with E-state index in [0.29, 0.717) is 6.54 Å². The molecular formula is C13H15N3O2. The largest absolute Gasteiger partial charge is 0.481 e. The highest BCUT2D eigenvalue weighted by Crippen LogP contribution is 2.31. The van der Waals surface area contributed by atoms with Crippen LogP contribution in [0.25, 0.3) is 11.0 Å². The van der Waals surface area contributed by atoms with Crippen molar-refractivity contribution in [3.05, 3.63) is 30.1 Å². The van der Waals surface area contributed by atoms with Crippen LogP contribution in [-0.2, 0) is 4.79 Å². The third-order valence-electron chi connectivity index (χ3n) is 3.61. The standard InChI is InChI=1S/C13H15N3O2/c17-13(18)9-7-14-5-3-8(9)11-6-12-10(16-11)2-1-4-15-12/h1-2,4,6,8-9,14,16H,3,5,7H2,(H,17,18). The monoisotopic (exact) mass is 245 g/mol. The molecule has 0 bridgehead atoms. The molecule has 2 aromatic heterocycles. The number of aromatic nitrogens is 2. The lowest BCUT2D eigenvalue weighted by Crippen LogP contribution is -2.39. The maximum Gasteiger partial charge on any atom is 0.308 e. The van der Waals surface area contributed by atoms with Gasteiger partial charge in [-0.05, 0) is 31.2 Å². The first-order valence-corrected chi connectivity index (χ1v) is 6.13. The Morgan fingerprint density at radius 2 is 2.39 bits per heavy atom. The van der Waals surface area contributed by atoms with E-state index in [9.17, 15) is 9.90 Å². The van der Waals surface area contributed by atoms with Crippen LogP contribution < -0.4 is 5.32 Å². The number of carboxylic acids is 1. The Kier molecular flexibility index (Phi) is 2.76. The van der Waals surface area contributed by atoms with E-state index in [4.69, 9.17) is 0 Å². The van der Waals surface area contributed by atoms with Crippen LogP contribution in [0.3, 0.4) is 0 Å². The number of carboxylic acid groups (broad SMARTS) is 1. The number of carbonyl (C=O) groups is 1. The van der Waals surface area contributed by atoms with Gasteiger partial charge in [0, 0.05) is 24.4 Å². The summed E-state index contributed by atoms with van der Waals surface area (Å²) < 4.78 is 0. The van der Waals surface area contributed by atoms with Crippen LogP contribution in [0.1, 0.15) is 18.0 Å². The van der Waals surface area contributed by atoms with Crippen molar-refractivity contribution in [3.8, 4) is 0 Å². The molecule has 0 radical (unpaired) electrons. The molecule has 1 saturated heterocycles. The fourth-order valence-electron chi connectivity index (χ4n) is 2.67. The first-order valence-electron chi connectivity index (χ1n) is 6.13. The summed E-state index contributed by atoms with van der Waals surface area (Å²) in [7, 11) is 0. The van der Waals surface area contributed by atoms with E-state index < -0.39 is 5.97 Å². The molecular weight excluding hydrogens is 230 g/mol. The summed E-state index contributed by atoms with van der Waals surface area (Å²) in [6.07, 6.45) is 2.58. The van der Waals surface area contributed by atoms with Gasteiger partial charge in [0.05, 0.1) is 17.0 Å². The van der Waals surface area contributed by atoms with Crippen LogP contribution in [0.5, 0.6) is 0 Å². The average Bonchev–Trinajstić information content (AvgIpc) is 2.82. The van der Waals surface area contributed by atoms with E-state index in [1.54, 1.807) is 6.20 Å². The lowest BCUT2D eigenvalue weighted by Gasteiger charge is -2.28. The summed E-state index contributed by atoms with van der Waals surface area (Å²) in [6.45, 7) is 1.39. The van der Waals surface area contributed by atoms with Crippen LogP contribution in [0.15, 0.2) is 24.4 Å². The van der Waals surface area contributed by atoms with E-state index in [-0.39, 0.29) is 11.8 Å². The van der Waals surface area contributed by atoms with Gasteiger partial charge in [0.15, 0.2) is 0 Å². The number of nitrogens with one attached hydrogen (secondary N) is 2. The van der Waals surface area contributed by atoms with E-state index >= 15 is 0 Å². The molecule has 18 heavy (non-hydrogen) atoms. The molecule has 1 aliphatic heterocycles. The Morgan fingerprint density at radius 1 is 1.50 bits per heavy atom. The van der Waals surface area contributed by atoms with Gasteiger partial charge in [0.2, 0.25) is 0 Å². The molecule has 2 atom stereocenters. The molecule has 0 spiro atoms. The summed E-state index contributed by atoms with van der Waals surface area (Å²) in [4.78, 5) is 18.9. The minimum absolute atomic E-state index is 0.0398. The third-order valence-corrected chi connectivity index (χ3v) is 3.61. The number of rotatable bonds is 2. The first kappa shape index (κ1) is 11.2. The molecule has 2 aromatic rings. The second-order valence-electron chi connectivity index (χ2n) is 4.70. The SMILES string of the molecule is O=C(O)C1CNCCC1c1cc2ncccc2[nH]1. The smallest absolute Gasteiger partial charge is 0.308 e. The van der Waals surface area contributed by atoms with E-state index in [1.807, 2.05) is 18.2 Å². The number of hydrogen-bond acceptors (Lipinski definition) is 3. The summed E-state index contributed by atoms with van der Waals surface area (Å²) in [5.41, 5.74) is 2.85. The second kappa shape index (κ2) is 4.42. The lowest BCUT2D eigenvalue weighted by molar-refractivity contribution is -0.143. The topological polar surface area (TPSA) is 78.0 Å². The van der Waals surface area contributed by atoms with Crippen LogP contribution in [0.2, 0.25) is 0 Å². The molecule has 3 rings (SSSR count). The van der Waals surface area contributed by atoms with Gasteiger partial charge < -0.3 is 15.4 Å². The molecule has 0 aliphatic carbocycles. The van der Waals surface area contributed by atoms with Gasteiger partial charge in [-0.2, -0.15) is 0 Å². The summed E-state index contributed by atoms with van der Waals surface area (Å²) >= 11 is 0. The summed E-state index contributed by atoms with van der Waals surface area (Å²) in [5.74, 6) is -1.07. The number of H-pyrrole nitrogens is 1. The number of piperidine rings is 1. The van der Waals surface area contributed by atoms with Gasteiger partial charge in [-0.3, -0.25) is 9.78 Å². The number of hydrogen-bond donors (Lipinski definition) is 3. The maximum absolute atomic E-state index is 11.3. The fraction of sp³-hybridized carbons (Fsp3) is 0.385. The minimum atomic E-state index is -0.737. The molecule has 1 fully saturated rings. The van der Waals surface area contributed by atoms with Crippen molar-refractivity contribution in [2.45, 2.75) is 12.3 Å². The zero-order valence-electron chi connectivity index (χ0n) is 9.89. The molecule has 0 amide bonds. The zero-order chi connectivity index (χ0) is 12.5. The van der Waals surface area contributed by atoms with Crippen LogP contribution in [0, 0.1) is 5.92 Å². The van der Waals surface area contributed by atoms with Crippen molar-refractivity contribution in [1.82, 2.24) is 15.3 Å². The predicted octanol–water partition coefficient (Wildman–Crippen LogP) is 1.34. The maximum atomic E-state index is 11.3. The van der Waals surface area contributed by atoms with Gasteiger partial charge in [-0.25, -0.2) is 0 Å². The third kappa shape index (κ3) is 1.86.